The minimum atomic E-state index is -1.28. The maximum Gasteiger partial charge on any atom is 0.217 e. The zero-order chi connectivity index (χ0) is 13.5. The number of hydrogen-bond acceptors (Lipinski definition) is 6. The van der Waals surface area contributed by atoms with Gasteiger partial charge in [0.25, 0.3) is 0 Å². The molecule has 104 valence electrons. The Balaban J connectivity index is 2.12. The van der Waals surface area contributed by atoms with Crippen LogP contribution in [0.2, 0.25) is 0 Å². The number of carbonyl (C=O) groups excluding carboxylic acids is 1. The molecule has 0 bridgehead atoms. The molecule has 0 spiro atoms. The van der Waals surface area contributed by atoms with Crippen molar-refractivity contribution in [1.29, 1.82) is 0 Å². The Morgan fingerprint density at radius 1 is 1.39 bits per heavy atom. The third kappa shape index (κ3) is 2.65. The van der Waals surface area contributed by atoms with Gasteiger partial charge in [0.05, 0.1) is 6.61 Å². The summed E-state index contributed by atoms with van der Waals surface area (Å²) < 4.78 is 16.3. The molecule has 3 N–H and O–H groups in total. The fraction of sp³-hybridized carbons (Fsp3) is 0.909. The Bertz CT molecular complexity index is 333. The number of aliphatic hydroxyl groups excluding tert-OH is 2. The zero-order valence-corrected chi connectivity index (χ0v) is 10.6. The van der Waals surface area contributed by atoms with E-state index in [2.05, 4.69) is 5.32 Å². The monoisotopic (exact) mass is 261 g/mol. The fourth-order valence-corrected chi connectivity index (χ4v) is 2.25. The van der Waals surface area contributed by atoms with Crippen LogP contribution in [0.3, 0.4) is 0 Å². The number of rotatable bonds is 1. The maximum atomic E-state index is 11.0. The lowest BCUT2D eigenvalue weighted by molar-refractivity contribution is -0.364. The van der Waals surface area contributed by atoms with E-state index >= 15 is 0 Å². The molecule has 2 aliphatic rings. The van der Waals surface area contributed by atoms with E-state index in [-0.39, 0.29) is 12.5 Å². The lowest BCUT2D eigenvalue weighted by Crippen LogP contribution is -2.67. The highest BCUT2D eigenvalue weighted by Gasteiger charge is 2.50. The number of fused-ring (bicyclic) bond motifs is 1. The molecule has 5 atom stereocenters. The van der Waals surface area contributed by atoms with Crippen molar-refractivity contribution in [1.82, 2.24) is 5.32 Å². The van der Waals surface area contributed by atoms with Crippen LogP contribution in [0.4, 0.5) is 0 Å². The van der Waals surface area contributed by atoms with Crippen LogP contribution in [0.25, 0.3) is 0 Å². The molecule has 2 fully saturated rings. The van der Waals surface area contributed by atoms with E-state index in [1.54, 1.807) is 13.8 Å². The van der Waals surface area contributed by atoms with Crippen molar-refractivity contribution in [2.45, 2.75) is 57.2 Å². The molecule has 0 aromatic carbocycles. The van der Waals surface area contributed by atoms with Crippen LogP contribution in [0.5, 0.6) is 0 Å². The normalized spacial score (nSPS) is 43.1. The van der Waals surface area contributed by atoms with Crippen molar-refractivity contribution < 1.29 is 29.2 Å². The van der Waals surface area contributed by atoms with Gasteiger partial charge in [-0.25, -0.2) is 0 Å². The molecule has 0 aliphatic carbocycles. The molecule has 2 saturated heterocycles. The SMILES string of the molecule is CC(=O)N[C@H]1C(O)OC2COC(C)(C)O[C@H]2C1O. The van der Waals surface area contributed by atoms with Gasteiger partial charge in [0.15, 0.2) is 12.1 Å². The second-order valence-electron chi connectivity index (χ2n) is 5.08. The Kier molecular flexibility index (Phi) is 3.61. The molecular formula is C11H19NO6. The fourth-order valence-electron chi connectivity index (χ4n) is 2.25. The first kappa shape index (κ1) is 13.7. The summed E-state index contributed by atoms with van der Waals surface area (Å²) in [7, 11) is 0. The predicted octanol–water partition coefficient (Wildman–Crippen LogP) is -1.28. The predicted molar refractivity (Wildman–Crippen MR) is 59.4 cm³/mol. The minimum absolute atomic E-state index is 0.221. The standard InChI is InChI=1S/C11H19NO6/c1-5(13)12-7-8(14)9-6(17-10(7)15)4-16-11(2,3)18-9/h6-10,14-15H,4H2,1-3H3,(H,12,13)/t6?,7-,8?,9-,10?/m1/s1. The minimum Gasteiger partial charge on any atom is -0.388 e. The highest BCUT2D eigenvalue weighted by atomic mass is 16.7. The lowest BCUT2D eigenvalue weighted by Gasteiger charge is -2.48. The molecule has 18 heavy (non-hydrogen) atoms. The number of amides is 1. The summed E-state index contributed by atoms with van der Waals surface area (Å²) in [5.74, 6) is -1.18. The molecular weight excluding hydrogens is 242 g/mol. The lowest BCUT2D eigenvalue weighted by atomic mass is 9.95. The van der Waals surface area contributed by atoms with Gasteiger partial charge in [-0.3, -0.25) is 4.79 Å². The van der Waals surface area contributed by atoms with Crippen LogP contribution < -0.4 is 5.32 Å². The summed E-state index contributed by atoms with van der Waals surface area (Å²) in [4.78, 5) is 11.0. The molecule has 1 amide bonds. The van der Waals surface area contributed by atoms with E-state index in [0.29, 0.717) is 0 Å². The van der Waals surface area contributed by atoms with Crippen molar-refractivity contribution >= 4 is 5.91 Å². The number of ether oxygens (including phenoxy) is 3. The van der Waals surface area contributed by atoms with Gasteiger partial charge in [-0.1, -0.05) is 0 Å². The molecule has 3 unspecified atom stereocenters. The molecule has 0 saturated carbocycles. The van der Waals surface area contributed by atoms with E-state index in [0.717, 1.165) is 0 Å². The van der Waals surface area contributed by atoms with Gasteiger partial charge in [0.1, 0.15) is 24.4 Å². The molecule has 0 aromatic rings. The van der Waals surface area contributed by atoms with Gasteiger partial charge < -0.3 is 29.7 Å². The van der Waals surface area contributed by atoms with Crippen molar-refractivity contribution in [2.75, 3.05) is 6.61 Å². The van der Waals surface area contributed by atoms with Crippen molar-refractivity contribution in [3.63, 3.8) is 0 Å². The van der Waals surface area contributed by atoms with Gasteiger partial charge in [-0.2, -0.15) is 0 Å². The Morgan fingerprint density at radius 3 is 2.67 bits per heavy atom. The third-order valence-corrected chi connectivity index (χ3v) is 3.08. The molecule has 7 heteroatoms. The van der Waals surface area contributed by atoms with Crippen LogP contribution in [-0.4, -0.2) is 59.2 Å². The third-order valence-electron chi connectivity index (χ3n) is 3.08. The average Bonchev–Trinajstić information content (AvgIpc) is 2.25. The molecule has 2 aliphatic heterocycles. The summed E-state index contributed by atoms with van der Waals surface area (Å²) in [6, 6.07) is -0.905. The molecule has 0 radical (unpaired) electrons. The van der Waals surface area contributed by atoms with Crippen LogP contribution in [0.1, 0.15) is 20.8 Å². The van der Waals surface area contributed by atoms with Gasteiger partial charge >= 0.3 is 0 Å². The molecule has 2 rings (SSSR count). The highest BCUT2D eigenvalue weighted by Crippen LogP contribution is 2.31. The van der Waals surface area contributed by atoms with Crippen LogP contribution in [0, 0.1) is 0 Å². The van der Waals surface area contributed by atoms with Gasteiger partial charge in [-0.15, -0.1) is 0 Å². The first-order chi connectivity index (χ1) is 8.30. The quantitative estimate of drug-likeness (QED) is 0.544. The number of carbonyl (C=O) groups is 1. The first-order valence-electron chi connectivity index (χ1n) is 5.90. The first-order valence-corrected chi connectivity index (χ1v) is 5.90. The van der Waals surface area contributed by atoms with Crippen LogP contribution >= 0.6 is 0 Å². The zero-order valence-electron chi connectivity index (χ0n) is 10.6. The second-order valence-corrected chi connectivity index (χ2v) is 5.08. The Labute approximate surface area is 105 Å². The topological polar surface area (TPSA) is 97.3 Å². The van der Waals surface area contributed by atoms with E-state index < -0.39 is 36.4 Å². The van der Waals surface area contributed by atoms with E-state index in [1.165, 1.54) is 6.92 Å². The van der Waals surface area contributed by atoms with Crippen LogP contribution in [-0.2, 0) is 19.0 Å². The smallest absolute Gasteiger partial charge is 0.217 e. The summed E-state index contributed by atoms with van der Waals surface area (Å²) in [6.45, 7) is 4.99. The molecule has 2 heterocycles. The highest BCUT2D eigenvalue weighted by molar-refractivity contribution is 5.73. The summed E-state index contributed by atoms with van der Waals surface area (Å²) in [6.07, 6.45) is -3.52. The van der Waals surface area contributed by atoms with Crippen molar-refractivity contribution in [2.24, 2.45) is 0 Å². The summed E-state index contributed by atoms with van der Waals surface area (Å²) in [5, 5.41) is 22.4. The number of nitrogens with one attached hydrogen (secondary N) is 1. The Morgan fingerprint density at radius 2 is 2.06 bits per heavy atom. The Hall–Kier alpha value is -0.730. The largest absolute Gasteiger partial charge is 0.388 e. The van der Waals surface area contributed by atoms with Gasteiger partial charge in [0.2, 0.25) is 5.91 Å². The van der Waals surface area contributed by atoms with Crippen LogP contribution in [0.15, 0.2) is 0 Å². The van der Waals surface area contributed by atoms with Crippen molar-refractivity contribution in [3.05, 3.63) is 0 Å². The second kappa shape index (κ2) is 4.75. The number of hydrogen-bond donors (Lipinski definition) is 3. The van der Waals surface area contributed by atoms with Gasteiger partial charge in [0, 0.05) is 6.92 Å². The number of aliphatic hydroxyl groups is 2. The molecule has 0 aromatic heterocycles. The van der Waals surface area contributed by atoms with E-state index in [4.69, 9.17) is 14.2 Å². The van der Waals surface area contributed by atoms with Crippen molar-refractivity contribution in [3.8, 4) is 0 Å². The molecule has 7 nitrogen and oxygen atoms in total. The maximum absolute atomic E-state index is 11.0. The van der Waals surface area contributed by atoms with Gasteiger partial charge in [-0.05, 0) is 13.8 Å². The average molecular weight is 261 g/mol. The van der Waals surface area contributed by atoms with E-state index in [1.807, 2.05) is 0 Å². The summed E-state index contributed by atoms with van der Waals surface area (Å²) >= 11 is 0. The summed E-state index contributed by atoms with van der Waals surface area (Å²) in [5.41, 5.74) is 0. The van der Waals surface area contributed by atoms with E-state index in [9.17, 15) is 15.0 Å².